The maximum absolute atomic E-state index is 9.14. The number of hydrogen-bond donors (Lipinski definition) is 7. The molecule has 0 saturated heterocycles. The Morgan fingerprint density at radius 2 is 1.62 bits per heavy atom. The average molecular weight is 196 g/mol. The first-order valence-electron chi connectivity index (χ1n) is 3.82. The third-order valence-electron chi connectivity index (χ3n) is 1.63. The zero-order valence-corrected chi connectivity index (χ0v) is 7.04. The van der Waals surface area contributed by atoms with E-state index in [1.807, 2.05) is 5.43 Å². The molecule has 0 aromatic rings. The van der Waals surface area contributed by atoms with Gasteiger partial charge in [0.05, 0.1) is 12.7 Å². The molecule has 7 nitrogen and oxygen atoms in total. The summed E-state index contributed by atoms with van der Waals surface area (Å²) in [5.41, 5.74) is 1.95. The summed E-state index contributed by atoms with van der Waals surface area (Å²) in [5, 5.41) is 44.4. The highest BCUT2D eigenvalue weighted by atomic mass is 16.4. The predicted molar refractivity (Wildman–Crippen MR) is 43.1 cm³/mol. The minimum Gasteiger partial charge on any atom is -0.394 e. The van der Waals surface area contributed by atoms with Crippen LogP contribution in [-0.2, 0) is 0 Å². The van der Waals surface area contributed by atoms with Crippen molar-refractivity contribution < 1.29 is 25.5 Å². The van der Waals surface area contributed by atoms with E-state index >= 15 is 0 Å². The summed E-state index contributed by atoms with van der Waals surface area (Å²) < 4.78 is 0. The van der Waals surface area contributed by atoms with Gasteiger partial charge in [0.25, 0.3) is 0 Å². The smallest absolute Gasteiger partial charge is 0.119 e. The van der Waals surface area contributed by atoms with Crippen molar-refractivity contribution in [2.24, 2.45) is 5.84 Å². The molecule has 0 aliphatic rings. The van der Waals surface area contributed by atoms with Crippen LogP contribution in [0.25, 0.3) is 0 Å². The van der Waals surface area contributed by atoms with Crippen LogP contribution in [0.4, 0.5) is 0 Å². The summed E-state index contributed by atoms with van der Waals surface area (Å²) in [4.78, 5) is 0. The fourth-order valence-corrected chi connectivity index (χ4v) is 0.801. The van der Waals surface area contributed by atoms with Gasteiger partial charge in [-0.1, -0.05) is 0 Å². The molecule has 0 fully saturated rings. The molecule has 0 aromatic heterocycles. The number of nitrogens with two attached hydrogens (primary N) is 1. The topological polar surface area (TPSA) is 139 Å². The molecule has 0 aliphatic carbocycles. The van der Waals surface area contributed by atoms with Crippen molar-refractivity contribution in [1.82, 2.24) is 5.43 Å². The minimum absolute atomic E-state index is 0.241. The van der Waals surface area contributed by atoms with Crippen molar-refractivity contribution in [3.05, 3.63) is 0 Å². The highest BCUT2D eigenvalue weighted by molar-refractivity contribution is 4.75. The lowest BCUT2D eigenvalue weighted by atomic mass is 10.1. The van der Waals surface area contributed by atoms with Crippen LogP contribution in [-0.4, -0.2) is 56.7 Å². The van der Waals surface area contributed by atoms with Crippen LogP contribution in [0.1, 0.15) is 6.42 Å². The lowest BCUT2D eigenvalue weighted by Crippen LogP contribution is -2.45. The van der Waals surface area contributed by atoms with Gasteiger partial charge in [-0.15, -0.1) is 0 Å². The standard InChI is InChI=1S/C6H16N2O5/c7-8-5(12)1-3(10)6(13)4(11)2-9/h3-6,8-13H,1-2,7H2/t3-,4-,5?,6+/m1/s1. The minimum atomic E-state index is -1.51. The van der Waals surface area contributed by atoms with E-state index < -0.39 is 31.1 Å². The van der Waals surface area contributed by atoms with Crippen LogP contribution in [0.2, 0.25) is 0 Å². The van der Waals surface area contributed by atoms with E-state index in [1.165, 1.54) is 0 Å². The van der Waals surface area contributed by atoms with Crippen molar-refractivity contribution in [2.45, 2.75) is 31.0 Å². The summed E-state index contributed by atoms with van der Waals surface area (Å²) >= 11 is 0. The average Bonchev–Trinajstić information content (AvgIpc) is 2.14. The van der Waals surface area contributed by atoms with Gasteiger partial charge in [-0.3, -0.25) is 5.84 Å². The predicted octanol–water partition coefficient (Wildman–Crippen LogP) is -3.77. The Balaban J connectivity index is 3.87. The van der Waals surface area contributed by atoms with Gasteiger partial charge >= 0.3 is 0 Å². The van der Waals surface area contributed by atoms with Gasteiger partial charge in [-0.05, 0) is 0 Å². The number of rotatable bonds is 6. The molecular weight excluding hydrogens is 180 g/mol. The van der Waals surface area contributed by atoms with E-state index in [9.17, 15) is 0 Å². The zero-order valence-electron chi connectivity index (χ0n) is 7.04. The van der Waals surface area contributed by atoms with Crippen LogP contribution in [0.3, 0.4) is 0 Å². The van der Waals surface area contributed by atoms with Crippen LogP contribution in [0, 0.1) is 0 Å². The van der Waals surface area contributed by atoms with E-state index in [1.54, 1.807) is 0 Å². The first-order chi connectivity index (χ1) is 6.02. The third kappa shape index (κ3) is 4.48. The summed E-state index contributed by atoms with van der Waals surface area (Å²) in [5.74, 6) is 4.82. The highest BCUT2D eigenvalue weighted by Gasteiger charge is 2.25. The molecule has 0 heterocycles. The summed E-state index contributed by atoms with van der Waals surface area (Å²) in [6.45, 7) is -0.662. The van der Waals surface area contributed by atoms with E-state index in [2.05, 4.69) is 0 Å². The number of nitrogens with one attached hydrogen (secondary N) is 1. The molecule has 13 heavy (non-hydrogen) atoms. The number of aliphatic hydroxyl groups is 5. The third-order valence-corrected chi connectivity index (χ3v) is 1.63. The second-order valence-electron chi connectivity index (χ2n) is 2.73. The fraction of sp³-hybridized carbons (Fsp3) is 1.00. The van der Waals surface area contributed by atoms with Crippen molar-refractivity contribution in [3.8, 4) is 0 Å². The molecular formula is C6H16N2O5. The number of aliphatic hydroxyl groups excluding tert-OH is 5. The van der Waals surface area contributed by atoms with Gasteiger partial charge in [0.2, 0.25) is 0 Å². The molecule has 1 unspecified atom stereocenters. The molecule has 0 saturated carbocycles. The zero-order chi connectivity index (χ0) is 10.4. The highest BCUT2D eigenvalue weighted by Crippen LogP contribution is 2.05. The van der Waals surface area contributed by atoms with Gasteiger partial charge in [0.15, 0.2) is 0 Å². The van der Waals surface area contributed by atoms with Crippen LogP contribution in [0.15, 0.2) is 0 Å². The quantitative estimate of drug-likeness (QED) is 0.131. The Labute approximate surface area is 75.4 Å². The Hall–Kier alpha value is -0.280. The molecule has 0 aliphatic heterocycles. The number of hydrogen-bond acceptors (Lipinski definition) is 7. The first-order valence-corrected chi connectivity index (χ1v) is 3.82. The molecule has 0 radical (unpaired) electrons. The van der Waals surface area contributed by atoms with E-state index in [0.29, 0.717) is 0 Å². The largest absolute Gasteiger partial charge is 0.394 e. The molecule has 7 heteroatoms. The van der Waals surface area contributed by atoms with Gasteiger partial charge in [0.1, 0.15) is 18.4 Å². The molecule has 0 aromatic carbocycles. The number of hydrazine groups is 1. The lowest BCUT2D eigenvalue weighted by Gasteiger charge is -2.23. The van der Waals surface area contributed by atoms with Crippen molar-refractivity contribution in [1.29, 1.82) is 0 Å². The van der Waals surface area contributed by atoms with Crippen LogP contribution >= 0.6 is 0 Å². The summed E-state index contributed by atoms with van der Waals surface area (Å²) in [6.07, 6.45) is -5.70. The lowest BCUT2D eigenvalue weighted by molar-refractivity contribution is -0.0899. The molecule has 4 atom stereocenters. The Morgan fingerprint density at radius 1 is 1.08 bits per heavy atom. The van der Waals surface area contributed by atoms with Gasteiger partial charge < -0.3 is 25.5 Å². The van der Waals surface area contributed by atoms with Gasteiger partial charge in [-0.2, -0.15) is 0 Å². The van der Waals surface area contributed by atoms with E-state index in [-0.39, 0.29) is 6.42 Å². The SMILES string of the molecule is NNC(O)C[C@@H](O)[C@H](O)[C@H](O)CO. The van der Waals surface area contributed by atoms with Crippen molar-refractivity contribution in [2.75, 3.05) is 6.61 Å². The summed E-state index contributed by atoms with van der Waals surface area (Å²) in [7, 11) is 0. The van der Waals surface area contributed by atoms with E-state index in [0.717, 1.165) is 0 Å². The second kappa shape index (κ2) is 6.22. The van der Waals surface area contributed by atoms with Crippen LogP contribution < -0.4 is 11.3 Å². The maximum Gasteiger partial charge on any atom is 0.119 e. The van der Waals surface area contributed by atoms with Crippen molar-refractivity contribution >= 4 is 0 Å². The Bertz CT molecular complexity index is 136. The first kappa shape index (κ1) is 12.7. The monoisotopic (exact) mass is 196 g/mol. The van der Waals surface area contributed by atoms with Crippen LogP contribution in [0.5, 0.6) is 0 Å². The Morgan fingerprint density at radius 3 is 2.00 bits per heavy atom. The molecule has 8 N–H and O–H groups in total. The fourth-order valence-electron chi connectivity index (χ4n) is 0.801. The molecule has 80 valence electrons. The second-order valence-corrected chi connectivity index (χ2v) is 2.73. The van der Waals surface area contributed by atoms with E-state index in [4.69, 9.17) is 31.4 Å². The Kier molecular flexibility index (Phi) is 6.08. The summed E-state index contributed by atoms with van der Waals surface area (Å²) in [6, 6.07) is 0. The van der Waals surface area contributed by atoms with Gasteiger partial charge in [-0.25, -0.2) is 5.43 Å². The maximum atomic E-state index is 9.14. The molecule has 0 rings (SSSR count). The molecule has 0 spiro atoms. The molecule has 0 bridgehead atoms. The van der Waals surface area contributed by atoms with Gasteiger partial charge in [0, 0.05) is 6.42 Å². The van der Waals surface area contributed by atoms with Crippen molar-refractivity contribution in [3.63, 3.8) is 0 Å². The normalized spacial score (nSPS) is 20.8. The molecule has 0 amide bonds.